The van der Waals surface area contributed by atoms with Gasteiger partial charge in [-0.25, -0.2) is 4.98 Å². The van der Waals surface area contributed by atoms with Crippen molar-refractivity contribution in [1.82, 2.24) is 9.38 Å². The first kappa shape index (κ1) is 17.0. The molecule has 5 heteroatoms. The SMILES string of the molecule is CCOC(=O)CC(c1ccccc1OC)c1cnc2cc(C)ccn12. The van der Waals surface area contributed by atoms with Crippen LogP contribution in [0, 0.1) is 6.92 Å². The van der Waals surface area contributed by atoms with Gasteiger partial charge in [0.05, 0.1) is 25.8 Å². The molecule has 0 saturated heterocycles. The van der Waals surface area contributed by atoms with E-state index in [-0.39, 0.29) is 18.3 Å². The molecule has 2 heterocycles. The predicted octanol–water partition coefficient (Wildman–Crippen LogP) is 3.74. The first-order valence-electron chi connectivity index (χ1n) is 8.36. The summed E-state index contributed by atoms with van der Waals surface area (Å²) in [6.45, 7) is 4.21. The van der Waals surface area contributed by atoms with Crippen LogP contribution < -0.4 is 4.74 Å². The van der Waals surface area contributed by atoms with Crippen LogP contribution in [-0.2, 0) is 9.53 Å². The number of methoxy groups -OCH3 is 1. The highest BCUT2D eigenvalue weighted by molar-refractivity contribution is 5.71. The average molecular weight is 338 g/mol. The van der Waals surface area contributed by atoms with E-state index < -0.39 is 0 Å². The van der Waals surface area contributed by atoms with Crippen molar-refractivity contribution in [3.63, 3.8) is 0 Å². The topological polar surface area (TPSA) is 52.8 Å². The number of fused-ring (bicyclic) bond motifs is 1. The molecule has 3 rings (SSSR count). The zero-order valence-corrected chi connectivity index (χ0v) is 14.7. The summed E-state index contributed by atoms with van der Waals surface area (Å²) in [6.07, 6.45) is 4.04. The van der Waals surface area contributed by atoms with Crippen molar-refractivity contribution < 1.29 is 14.3 Å². The molecular weight excluding hydrogens is 316 g/mol. The number of imidazole rings is 1. The van der Waals surface area contributed by atoms with E-state index in [1.807, 2.05) is 67.0 Å². The van der Waals surface area contributed by atoms with E-state index in [1.54, 1.807) is 7.11 Å². The number of hydrogen-bond donors (Lipinski definition) is 0. The van der Waals surface area contributed by atoms with E-state index in [1.165, 1.54) is 0 Å². The Morgan fingerprint density at radius 1 is 1.28 bits per heavy atom. The molecule has 3 aromatic rings. The molecule has 0 aliphatic heterocycles. The Labute approximate surface area is 147 Å². The third-order valence-electron chi connectivity index (χ3n) is 4.24. The lowest BCUT2D eigenvalue weighted by atomic mass is 9.92. The van der Waals surface area contributed by atoms with Gasteiger partial charge in [0.25, 0.3) is 0 Å². The van der Waals surface area contributed by atoms with Gasteiger partial charge in [-0.2, -0.15) is 0 Å². The number of hydrogen-bond acceptors (Lipinski definition) is 4. The lowest BCUT2D eigenvalue weighted by Crippen LogP contribution is -2.14. The third-order valence-corrected chi connectivity index (χ3v) is 4.24. The number of carbonyl (C=O) groups excluding carboxylic acids is 1. The fourth-order valence-corrected chi connectivity index (χ4v) is 3.07. The molecule has 25 heavy (non-hydrogen) atoms. The zero-order valence-electron chi connectivity index (χ0n) is 14.7. The Balaban J connectivity index is 2.11. The van der Waals surface area contributed by atoms with Crippen LogP contribution in [0.15, 0.2) is 48.8 Å². The molecule has 1 atom stereocenters. The van der Waals surface area contributed by atoms with Gasteiger partial charge in [0.15, 0.2) is 0 Å². The van der Waals surface area contributed by atoms with E-state index in [2.05, 4.69) is 4.98 Å². The van der Waals surface area contributed by atoms with Crippen LogP contribution >= 0.6 is 0 Å². The lowest BCUT2D eigenvalue weighted by molar-refractivity contribution is -0.143. The average Bonchev–Trinajstić information content (AvgIpc) is 3.02. The summed E-state index contributed by atoms with van der Waals surface area (Å²) in [4.78, 5) is 16.7. The normalized spacial score (nSPS) is 12.1. The summed E-state index contributed by atoms with van der Waals surface area (Å²) < 4.78 is 12.7. The number of pyridine rings is 1. The lowest BCUT2D eigenvalue weighted by Gasteiger charge is -2.19. The summed E-state index contributed by atoms with van der Waals surface area (Å²) in [5.74, 6) is 0.312. The molecule has 2 aromatic heterocycles. The molecule has 0 aliphatic rings. The second-order valence-electron chi connectivity index (χ2n) is 5.92. The number of ether oxygens (including phenoxy) is 2. The van der Waals surface area contributed by atoms with Crippen molar-refractivity contribution >= 4 is 11.6 Å². The highest BCUT2D eigenvalue weighted by Crippen LogP contribution is 2.35. The smallest absolute Gasteiger partial charge is 0.306 e. The number of aryl methyl sites for hydroxylation is 1. The van der Waals surface area contributed by atoms with Crippen LogP contribution in [0.25, 0.3) is 5.65 Å². The Kier molecular flexibility index (Phi) is 5.03. The molecule has 5 nitrogen and oxygen atoms in total. The quantitative estimate of drug-likeness (QED) is 0.643. The van der Waals surface area contributed by atoms with Crippen molar-refractivity contribution in [2.24, 2.45) is 0 Å². The van der Waals surface area contributed by atoms with Crippen molar-refractivity contribution in [3.05, 3.63) is 65.6 Å². The third kappa shape index (κ3) is 3.50. The summed E-state index contributed by atoms with van der Waals surface area (Å²) in [5.41, 5.74) is 3.88. The molecule has 1 aromatic carbocycles. The van der Waals surface area contributed by atoms with Crippen LogP contribution in [0.3, 0.4) is 0 Å². The van der Waals surface area contributed by atoms with Gasteiger partial charge in [-0.05, 0) is 37.6 Å². The van der Waals surface area contributed by atoms with Gasteiger partial charge in [0.2, 0.25) is 0 Å². The van der Waals surface area contributed by atoms with Crippen LogP contribution in [0.5, 0.6) is 5.75 Å². The summed E-state index contributed by atoms with van der Waals surface area (Å²) >= 11 is 0. The predicted molar refractivity (Wildman–Crippen MR) is 96.0 cm³/mol. The van der Waals surface area contributed by atoms with Gasteiger partial charge < -0.3 is 13.9 Å². The molecule has 0 fully saturated rings. The molecular formula is C20H22N2O3. The number of esters is 1. The number of benzene rings is 1. The number of rotatable bonds is 6. The Morgan fingerprint density at radius 3 is 2.84 bits per heavy atom. The molecule has 0 spiro atoms. The van der Waals surface area contributed by atoms with Gasteiger partial charge in [0, 0.05) is 23.9 Å². The zero-order chi connectivity index (χ0) is 17.8. The van der Waals surface area contributed by atoms with Crippen molar-refractivity contribution in [2.75, 3.05) is 13.7 Å². The fourth-order valence-electron chi connectivity index (χ4n) is 3.07. The van der Waals surface area contributed by atoms with Crippen LogP contribution in [0.2, 0.25) is 0 Å². The minimum Gasteiger partial charge on any atom is -0.496 e. The molecule has 0 saturated carbocycles. The van der Waals surface area contributed by atoms with Crippen molar-refractivity contribution in [1.29, 1.82) is 0 Å². The van der Waals surface area contributed by atoms with E-state index in [0.29, 0.717) is 6.61 Å². The summed E-state index contributed by atoms with van der Waals surface area (Å²) in [5, 5.41) is 0. The molecule has 0 bridgehead atoms. The molecule has 130 valence electrons. The van der Waals surface area contributed by atoms with E-state index in [0.717, 1.165) is 28.2 Å². The summed E-state index contributed by atoms with van der Waals surface area (Å²) in [7, 11) is 1.64. The summed E-state index contributed by atoms with van der Waals surface area (Å²) in [6, 6.07) is 11.8. The molecule has 0 N–H and O–H groups in total. The Hall–Kier alpha value is -2.82. The maximum absolute atomic E-state index is 12.2. The Morgan fingerprint density at radius 2 is 2.08 bits per heavy atom. The van der Waals surface area contributed by atoms with Gasteiger partial charge in [-0.1, -0.05) is 18.2 Å². The number of para-hydroxylation sites is 1. The van der Waals surface area contributed by atoms with E-state index in [9.17, 15) is 4.79 Å². The van der Waals surface area contributed by atoms with E-state index >= 15 is 0 Å². The largest absolute Gasteiger partial charge is 0.496 e. The standard InChI is InChI=1S/C20H22N2O3/c1-4-25-20(23)12-16(15-7-5-6-8-18(15)24-3)17-13-21-19-11-14(2)9-10-22(17)19/h5-11,13,16H,4,12H2,1-3H3. The minimum atomic E-state index is -0.236. The second-order valence-corrected chi connectivity index (χ2v) is 5.92. The van der Waals surface area contributed by atoms with Gasteiger partial charge in [0.1, 0.15) is 11.4 Å². The number of aromatic nitrogens is 2. The number of carbonyl (C=O) groups is 1. The van der Waals surface area contributed by atoms with Crippen molar-refractivity contribution in [3.8, 4) is 5.75 Å². The van der Waals surface area contributed by atoms with Gasteiger partial charge >= 0.3 is 5.97 Å². The van der Waals surface area contributed by atoms with Gasteiger partial charge in [-0.3, -0.25) is 4.79 Å². The molecule has 0 aliphatic carbocycles. The van der Waals surface area contributed by atoms with Crippen LogP contribution in [-0.4, -0.2) is 29.1 Å². The molecule has 1 unspecified atom stereocenters. The van der Waals surface area contributed by atoms with E-state index in [4.69, 9.17) is 9.47 Å². The maximum Gasteiger partial charge on any atom is 0.306 e. The van der Waals surface area contributed by atoms with Gasteiger partial charge in [-0.15, -0.1) is 0 Å². The number of nitrogens with zero attached hydrogens (tertiary/aromatic N) is 2. The monoisotopic (exact) mass is 338 g/mol. The van der Waals surface area contributed by atoms with Crippen LogP contribution in [0.4, 0.5) is 0 Å². The second kappa shape index (κ2) is 7.38. The molecule has 0 amide bonds. The molecule has 0 radical (unpaired) electrons. The fraction of sp³-hybridized carbons (Fsp3) is 0.300. The minimum absolute atomic E-state index is 0.201. The highest BCUT2D eigenvalue weighted by atomic mass is 16.5. The maximum atomic E-state index is 12.2. The first-order valence-corrected chi connectivity index (χ1v) is 8.36. The van der Waals surface area contributed by atoms with Crippen molar-refractivity contribution in [2.45, 2.75) is 26.2 Å². The first-order chi connectivity index (χ1) is 12.1. The Bertz CT molecular complexity index is 886. The van der Waals surface area contributed by atoms with Crippen LogP contribution in [0.1, 0.15) is 36.1 Å². The highest BCUT2D eigenvalue weighted by Gasteiger charge is 2.25.